The van der Waals surface area contributed by atoms with Gasteiger partial charge in [0, 0.05) is 13.1 Å². The van der Waals surface area contributed by atoms with Gasteiger partial charge in [-0.1, -0.05) is 29.8 Å². The topological polar surface area (TPSA) is 32.3 Å². The number of hydrogen-bond acceptors (Lipinski definition) is 2. The molecule has 1 atom stereocenters. The summed E-state index contributed by atoms with van der Waals surface area (Å²) < 4.78 is 38.4. The number of rotatable bonds is 5. The maximum absolute atomic E-state index is 12.8. The number of hydrogen-bond donors (Lipinski definition) is 1. The van der Waals surface area contributed by atoms with E-state index in [4.69, 9.17) is 0 Å². The normalized spacial score (nSPS) is 18.7. The number of carbonyl (C=O) groups is 1. The molecule has 0 aliphatic carbocycles. The van der Waals surface area contributed by atoms with Crippen LogP contribution in [0.25, 0.3) is 0 Å². The Morgan fingerprint density at radius 2 is 2.00 bits per heavy atom. The van der Waals surface area contributed by atoms with Gasteiger partial charge in [-0.25, -0.2) is 0 Å². The molecule has 0 radical (unpaired) electrons. The zero-order valence-electron chi connectivity index (χ0n) is 13.3. The highest BCUT2D eigenvalue weighted by atomic mass is 19.4. The molecule has 1 amide bonds. The van der Waals surface area contributed by atoms with Crippen molar-refractivity contribution < 1.29 is 18.0 Å². The second kappa shape index (κ2) is 7.81. The zero-order chi connectivity index (χ0) is 16.9. The number of halogens is 3. The van der Waals surface area contributed by atoms with Gasteiger partial charge in [-0.3, -0.25) is 4.79 Å². The Bertz CT molecular complexity index is 508. The van der Waals surface area contributed by atoms with Gasteiger partial charge < -0.3 is 10.2 Å². The minimum Gasteiger partial charge on any atom is -0.333 e. The Labute approximate surface area is 134 Å². The van der Waals surface area contributed by atoms with Crippen LogP contribution in [0.3, 0.4) is 0 Å². The third-order valence-electron chi connectivity index (χ3n) is 4.12. The summed E-state index contributed by atoms with van der Waals surface area (Å²) in [6.45, 7) is 2.18. The van der Waals surface area contributed by atoms with Gasteiger partial charge in [-0.05, 0) is 38.3 Å². The molecule has 6 heteroatoms. The molecular weight excluding hydrogens is 305 g/mol. The summed E-state index contributed by atoms with van der Waals surface area (Å²) >= 11 is 0. The summed E-state index contributed by atoms with van der Waals surface area (Å²) in [5, 5.41) is 3.08. The van der Waals surface area contributed by atoms with Crippen molar-refractivity contribution in [1.29, 1.82) is 0 Å². The largest absolute Gasteiger partial charge is 0.406 e. The number of aryl methyl sites for hydroxylation is 1. The molecule has 0 spiro atoms. The van der Waals surface area contributed by atoms with Crippen molar-refractivity contribution in [3.8, 4) is 0 Å². The van der Waals surface area contributed by atoms with Crippen LogP contribution in [0.2, 0.25) is 0 Å². The van der Waals surface area contributed by atoms with Gasteiger partial charge in [0.05, 0.1) is 5.92 Å². The van der Waals surface area contributed by atoms with Crippen LogP contribution < -0.4 is 5.32 Å². The molecule has 0 saturated carbocycles. The van der Waals surface area contributed by atoms with Crippen LogP contribution in [0.15, 0.2) is 24.3 Å². The van der Waals surface area contributed by atoms with Gasteiger partial charge in [0.15, 0.2) is 0 Å². The molecule has 1 fully saturated rings. The van der Waals surface area contributed by atoms with Crippen molar-refractivity contribution in [2.75, 3.05) is 26.2 Å². The molecule has 3 nitrogen and oxygen atoms in total. The minimum absolute atomic E-state index is 0.0951. The van der Waals surface area contributed by atoms with Crippen LogP contribution in [-0.2, 0) is 11.2 Å². The van der Waals surface area contributed by atoms with Gasteiger partial charge >= 0.3 is 6.18 Å². The van der Waals surface area contributed by atoms with Crippen molar-refractivity contribution in [2.24, 2.45) is 5.92 Å². The number of alkyl halides is 3. The lowest BCUT2D eigenvalue weighted by Crippen LogP contribution is -2.47. The second-order valence-electron chi connectivity index (χ2n) is 6.15. The van der Waals surface area contributed by atoms with Gasteiger partial charge in [0.25, 0.3) is 0 Å². The zero-order valence-corrected chi connectivity index (χ0v) is 13.3. The Morgan fingerprint density at radius 3 is 2.57 bits per heavy atom. The van der Waals surface area contributed by atoms with E-state index in [-0.39, 0.29) is 18.4 Å². The molecule has 1 aliphatic heterocycles. The fourth-order valence-corrected chi connectivity index (χ4v) is 2.82. The first-order valence-corrected chi connectivity index (χ1v) is 7.97. The molecule has 2 rings (SSSR count). The van der Waals surface area contributed by atoms with Crippen molar-refractivity contribution in [1.82, 2.24) is 10.2 Å². The van der Waals surface area contributed by atoms with E-state index in [2.05, 4.69) is 5.32 Å². The van der Waals surface area contributed by atoms with Crippen LogP contribution in [-0.4, -0.2) is 43.2 Å². The van der Waals surface area contributed by atoms with Crippen molar-refractivity contribution in [2.45, 2.75) is 32.4 Å². The summed E-state index contributed by atoms with van der Waals surface area (Å²) in [5.74, 6) is -0.731. The predicted octanol–water partition coefficient (Wildman–Crippen LogP) is 2.93. The summed E-state index contributed by atoms with van der Waals surface area (Å²) in [7, 11) is 0. The summed E-state index contributed by atoms with van der Waals surface area (Å²) in [5.41, 5.74) is 2.04. The molecule has 1 aromatic rings. The molecule has 0 aromatic heterocycles. The Morgan fingerprint density at radius 1 is 1.30 bits per heavy atom. The van der Waals surface area contributed by atoms with E-state index in [0.717, 1.165) is 29.0 Å². The maximum Gasteiger partial charge on any atom is 0.406 e. The van der Waals surface area contributed by atoms with Gasteiger partial charge in [-0.2, -0.15) is 13.2 Å². The highest BCUT2D eigenvalue weighted by Crippen LogP contribution is 2.20. The number of carbonyl (C=O) groups excluding carboxylic acids is 1. The Balaban J connectivity index is 2.00. The lowest BCUT2D eigenvalue weighted by Gasteiger charge is -2.30. The highest BCUT2D eigenvalue weighted by molar-refractivity contribution is 5.79. The van der Waals surface area contributed by atoms with Crippen LogP contribution in [0.1, 0.15) is 24.0 Å². The molecule has 1 unspecified atom stereocenters. The third-order valence-corrected chi connectivity index (χ3v) is 4.12. The third kappa shape index (κ3) is 5.86. The number of amides is 1. The van der Waals surface area contributed by atoms with Crippen molar-refractivity contribution in [3.05, 3.63) is 35.4 Å². The molecule has 1 N–H and O–H groups in total. The van der Waals surface area contributed by atoms with Gasteiger partial charge in [0.2, 0.25) is 5.91 Å². The standard InChI is InChI=1S/C17H23F3N2O/c1-13-4-6-14(7-5-13)8-10-22(12-17(18,19)20)16(23)15-3-2-9-21-11-15/h4-7,15,21H,2-3,8-12H2,1H3. The molecule has 0 bridgehead atoms. The van der Waals surface area contributed by atoms with Crippen molar-refractivity contribution >= 4 is 5.91 Å². The molecule has 1 saturated heterocycles. The lowest BCUT2D eigenvalue weighted by atomic mass is 9.97. The van der Waals surface area contributed by atoms with E-state index in [1.165, 1.54) is 0 Å². The van der Waals surface area contributed by atoms with Gasteiger partial charge in [-0.15, -0.1) is 0 Å². The molecule has 1 aromatic carbocycles. The molecule has 23 heavy (non-hydrogen) atoms. The smallest absolute Gasteiger partial charge is 0.333 e. The average molecular weight is 328 g/mol. The van der Waals surface area contributed by atoms with Crippen LogP contribution in [0, 0.1) is 12.8 Å². The number of piperidine rings is 1. The highest BCUT2D eigenvalue weighted by Gasteiger charge is 2.35. The van der Waals surface area contributed by atoms with E-state index >= 15 is 0 Å². The van der Waals surface area contributed by atoms with E-state index in [0.29, 0.717) is 19.4 Å². The van der Waals surface area contributed by atoms with Crippen molar-refractivity contribution in [3.63, 3.8) is 0 Å². The molecular formula is C17H23F3N2O. The second-order valence-corrected chi connectivity index (χ2v) is 6.15. The van der Waals surface area contributed by atoms with Gasteiger partial charge in [0.1, 0.15) is 6.54 Å². The molecule has 128 valence electrons. The SMILES string of the molecule is Cc1ccc(CCN(CC(F)(F)F)C(=O)C2CCCNC2)cc1. The number of nitrogens with zero attached hydrogens (tertiary/aromatic N) is 1. The number of nitrogens with one attached hydrogen (secondary N) is 1. The Hall–Kier alpha value is -1.56. The van der Waals surface area contributed by atoms with E-state index in [1.807, 2.05) is 31.2 Å². The molecule has 1 heterocycles. The van der Waals surface area contributed by atoms with E-state index in [1.54, 1.807) is 0 Å². The fourth-order valence-electron chi connectivity index (χ4n) is 2.82. The molecule has 1 aliphatic rings. The quantitative estimate of drug-likeness (QED) is 0.901. The summed E-state index contributed by atoms with van der Waals surface area (Å²) in [6.07, 6.45) is -2.45. The van der Waals surface area contributed by atoms with Crippen LogP contribution >= 0.6 is 0 Å². The Kier molecular flexibility index (Phi) is 6.04. The van der Waals surface area contributed by atoms with Crippen LogP contribution in [0.4, 0.5) is 13.2 Å². The average Bonchev–Trinajstić information content (AvgIpc) is 2.52. The summed E-state index contributed by atoms with van der Waals surface area (Å²) in [6, 6.07) is 7.65. The minimum atomic E-state index is -4.37. The monoisotopic (exact) mass is 328 g/mol. The first-order chi connectivity index (χ1) is 10.8. The fraction of sp³-hybridized carbons (Fsp3) is 0.588. The lowest BCUT2D eigenvalue weighted by molar-refractivity contribution is -0.164. The first-order valence-electron chi connectivity index (χ1n) is 7.97. The first kappa shape index (κ1) is 17.8. The number of benzene rings is 1. The van der Waals surface area contributed by atoms with Crippen LogP contribution in [0.5, 0.6) is 0 Å². The maximum atomic E-state index is 12.8. The summed E-state index contributed by atoms with van der Waals surface area (Å²) in [4.78, 5) is 13.4. The van der Waals surface area contributed by atoms with E-state index in [9.17, 15) is 18.0 Å². The van der Waals surface area contributed by atoms with E-state index < -0.39 is 12.7 Å². The predicted molar refractivity (Wildman–Crippen MR) is 83.1 cm³/mol.